The maximum Gasteiger partial charge on any atom is 0.0903 e. The molecule has 2 nitrogen and oxygen atoms in total. The summed E-state index contributed by atoms with van der Waals surface area (Å²) in [4.78, 5) is 4.29. The van der Waals surface area contributed by atoms with Gasteiger partial charge in [-0.2, -0.15) is 0 Å². The van der Waals surface area contributed by atoms with E-state index >= 15 is 0 Å². The molecular weight excluding hydrogens is 191 g/mol. The number of hydrogen-bond donors (Lipinski definition) is 0. The van der Waals surface area contributed by atoms with Crippen molar-refractivity contribution in [2.24, 2.45) is 0 Å². The van der Waals surface area contributed by atoms with Gasteiger partial charge in [-0.1, -0.05) is 30.3 Å². The van der Waals surface area contributed by atoms with Crippen LogP contribution in [0.3, 0.4) is 0 Å². The molecule has 0 aliphatic carbocycles. The van der Waals surface area contributed by atoms with Crippen LogP contribution in [0.15, 0.2) is 30.3 Å². The molecule has 0 aliphatic rings. The summed E-state index contributed by atoms with van der Waals surface area (Å²) < 4.78 is 0. The van der Waals surface area contributed by atoms with E-state index < -0.39 is 0 Å². The van der Waals surface area contributed by atoms with Gasteiger partial charge in [-0.3, -0.25) is 9.80 Å². The molecule has 0 unspecified atom stereocenters. The predicted molar refractivity (Wildman–Crippen MR) is 65.4 cm³/mol. The maximum atomic E-state index is 2.15. The fourth-order valence-corrected chi connectivity index (χ4v) is 2.17. The predicted octanol–water partition coefficient (Wildman–Crippen LogP) is 1.47. The highest BCUT2D eigenvalue weighted by Gasteiger charge is 2.03. The Morgan fingerprint density at radius 1 is 0.929 bits per heavy atom. The summed E-state index contributed by atoms with van der Waals surface area (Å²) in [5, 5.41) is 1.32. The monoisotopic (exact) mass is 208 g/mol. The summed E-state index contributed by atoms with van der Waals surface area (Å²) in [6, 6.07) is 10.5. The highest BCUT2D eigenvalue weighted by atomic mass is 31.1. The fourth-order valence-electron chi connectivity index (χ4n) is 1.22. The van der Waals surface area contributed by atoms with Crippen molar-refractivity contribution < 1.29 is 0 Å². The molecule has 0 atom stereocenters. The van der Waals surface area contributed by atoms with Crippen LogP contribution in [-0.2, 0) is 0 Å². The second kappa shape index (κ2) is 5.26. The molecule has 0 heterocycles. The zero-order valence-electron chi connectivity index (χ0n) is 9.23. The minimum Gasteiger partial charge on any atom is -0.268 e. The molecule has 1 rings (SSSR count). The van der Waals surface area contributed by atoms with Crippen LogP contribution in [-0.4, -0.2) is 43.5 Å². The van der Waals surface area contributed by atoms with E-state index in [1.165, 1.54) is 19.1 Å². The Bertz CT molecular complexity index is 294. The average Bonchev–Trinajstić information content (AvgIpc) is 2.15. The van der Waals surface area contributed by atoms with Crippen molar-refractivity contribution in [3.63, 3.8) is 0 Å². The molecule has 1 aromatic carbocycles. The van der Waals surface area contributed by atoms with Crippen LogP contribution in [0.5, 0.6) is 0 Å². The third-order valence-corrected chi connectivity index (χ3v) is 3.34. The Labute approximate surface area is 87.9 Å². The maximum absolute atomic E-state index is 2.15. The molecule has 0 bridgehead atoms. The summed E-state index contributed by atoms with van der Waals surface area (Å²) in [5.74, 6) is 0. The molecule has 0 saturated carbocycles. The standard InChI is InChI=1S/C11H17N2P/c1-12(2)11(13(3)4)14-10-8-6-5-7-9-10/h5-9H,1-4H3. The van der Waals surface area contributed by atoms with Gasteiger partial charge in [0.2, 0.25) is 0 Å². The summed E-state index contributed by atoms with van der Waals surface area (Å²) in [6.45, 7) is 0. The van der Waals surface area contributed by atoms with Crippen molar-refractivity contribution in [2.75, 3.05) is 28.2 Å². The van der Waals surface area contributed by atoms with Crippen molar-refractivity contribution in [2.45, 2.75) is 0 Å². The van der Waals surface area contributed by atoms with Crippen molar-refractivity contribution in [3.8, 4) is 0 Å². The van der Waals surface area contributed by atoms with Gasteiger partial charge in [-0.05, 0) is 36.4 Å². The molecule has 0 aromatic heterocycles. The second-order valence-electron chi connectivity index (χ2n) is 3.54. The summed E-state index contributed by atoms with van der Waals surface area (Å²) in [6.07, 6.45) is 0. The number of benzene rings is 1. The molecule has 0 radical (unpaired) electrons. The van der Waals surface area contributed by atoms with Gasteiger partial charge in [0.05, 0.1) is 5.54 Å². The van der Waals surface area contributed by atoms with Crippen LogP contribution in [0.4, 0.5) is 0 Å². The minimum absolute atomic E-state index is 1.25. The number of hydrogen-bond acceptors (Lipinski definition) is 0. The lowest BCUT2D eigenvalue weighted by Gasteiger charge is -2.20. The number of rotatable bonds is 3. The van der Waals surface area contributed by atoms with E-state index in [0.29, 0.717) is 0 Å². The molecular formula is C11H17N2P. The smallest absolute Gasteiger partial charge is 0.0903 e. The van der Waals surface area contributed by atoms with Crippen LogP contribution in [0, 0.1) is 0 Å². The molecule has 0 fully saturated rings. The molecule has 0 amide bonds. The summed E-state index contributed by atoms with van der Waals surface area (Å²) >= 11 is 0. The molecule has 0 N–H and O–H groups in total. The van der Waals surface area contributed by atoms with Gasteiger partial charge in [0.15, 0.2) is 0 Å². The van der Waals surface area contributed by atoms with E-state index in [9.17, 15) is 0 Å². The third-order valence-electron chi connectivity index (χ3n) is 1.79. The van der Waals surface area contributed by atoms with E-state index in [1.807, 2.05) is 6.07 Å². The van der Waals surface area contributed by atoms with Gasteiger partial charge >= 0.3 is 0 Å². The molecule has 0 spiro atoms. The zero-order valence-corrected chi connectivity index (χ0v) is 10.1. The first-order chi connectivity index (χ1) is 6.61. The first-order valence-electron chi connectivity index (χ1n) is 4.59. The van der Waals surface area contributed by atoms with E-state index in [1.54, 1.807) is 0 Å². The zero-order chi connectivity index (χ0) is 10.6. The van der Waals surface area contributed by atoms with E-state index in [4.69, 9.17) is 0 Å². The third kappa shape index (κ3) is 3.22. The van der Waals surface area contributed by atoms with Gasteiger partial charge in [0, 0.05) is 5.30 Å². The van der Waals surface area contributed by atoms with Crippen molar-refractivity contribution >= 4 is 19.1 Å². The van der Waals surface area contributed by atoms with Crippen molar-refractivity contribution in [1.29, 1.82) is 0 Å². The van der Waals surface area contributed by atoms with E-state index in [2.05, 4.69) is 62.3 Å². The Kier molecular flexibility index (Phi) is 4.27. The summed E-state index contributed by atoms with van der Waals surface area (Å²) in [7, 11) is 9.55. The molecule has 76 valence electrons. The molecule has 0 saturated heterocycles. The van der Waals surface area contributed by atoms with Crippen molar-refractivity contribution in [3.05, 3.63) is 30.3 Å². The molecule has 1 aromatic rings. The highest BCUT2D eigenvalue weighted by molar-refractivity contribution is 7.48. The highest BCUT2D eigenvalue weighted by Crippen LogP contribution is 2.04. The minimum atomic E-state index is 1.25. The van der Waals surface area contributed by atoms with Crippen LogP contribution < -0.4 is 5.30 Å². The van der Waals surface area contributed by atoms with Gasteiger partial charge in [0.1, 0.15) is 0 Å². The Hall–Kier alpha value is -0.690. The average molecular weight is 208 g/mol. The van der Waals surface area contributed by atoms with Gasteiger partial charge in [0.25, 0.3) is 0 Å². The number of nitrogens with zero attached hydrogens (tertiary/aromatic N) is 2. The van der Waals surface area contributed by atoms with Crippen LogP contribution >= 0.6 is 8.20 Å². The Morgan fingerprint density at radius 3 is 1.86 bits per heavy atom. The quantitative estimate of drug-likeness (QED) is 0.694. The van der Waals surface area contributed by atoms with Crippen LogP contribution in [0.1, 0.15) is 0 Å². The van der Waals surface area contributed by atoms with Gasteiger partial charge < -0.3 is 0 Å². The topological polar surface area (TPSA) is 6.48 Å². The lowest BCUT2D eigenvalue weighted by molar-refractivity contribution is 0.500. The normalized spacial score (nSPS) is 11.3. The van der Waals surface area contributed by atoms with E-state index in [0.717, 1.165) is 0 Å². The van der Waals surface area contributed by atoms with Crippen molar-refractivity contribution in [1.82, 2.24) is 9.80 Å². The molecule has 14 heavy (non-hydrogen) atoms. The van der Waals surface area contributed by atoms with E-state index in [-0.39, 0.29) is 0 Å². The largest absolute Gasteiger partial charge is 0.268 e. The van der Waals surface area contributed by atoms with Crippen LogP contribution in [0.2, 0.25) is 0 Å². The Balaban J connectivity index is 2.94. The first-order valence-corrected chi connectivity index (χ1v) is 5.49. The second-order valence-corrected chi connectivity index (χ2v) is 4.68. The lowest BCUT2D eigenvalue weighted by Crippen LogP contribution is -2.34. The molecule has 3 heteroatoms. The molecule has 0 aliphatic heterocycles. The lowest BCUT2D eigenvalue weighted by atomic mass is 10.4. The van der Waals surface area contributed by atoms with Gasteiger partial charge in [-0.15, -0.1) is 0 Å². The SMILES string of the molecule is CN(C)C(=Pc1ccccc1)N(C)C. The first kappa shape index (κ1) is 11.4. The Morgan fingerprint density at radius 2 is 1.43 bits per heavy atom. The van der Waals surface area contributed by atoms with Gasteiger partial charge in [-0.25, -0.2) is 0 Å². The summed E-state index contributed by atoms with van der Waals surface area (Å²) in [5.41, 5.74) is 1.29. The fraction of sp³-hybridized carbons (Fsp3) is 0.364. The van der Waals surface area contributed by atoms with Crippen LogP contribution in [0.25, 0.3) is 0 Å².